The highest BCUT2D eigenvalue weighted by atomic mass is 19.1. The number of fused-ring (bicyclic) bond motifs is 1. The average Bonchev–Trinajstić information content (AvgIpc) is 3.03. The van der Waals surface area contributed by atoms with E-state index in [1.54, 1.807) is 0 Å². The second-order valence-corrected chi connectivity index (χ2v) is 5.52. The zero-order valence-corrected chi connectivity index (χ0v) is 11.3. The summed E-state index contributed by atoms with van der Waals surface area (Å²) < 4.78 is 13.4. The van der Waals surface area contributed by atoms with Crippen LogP contribution >= 0.6 is 0 Å². The predicted octanol–water partition coefficient (Wildman–Crippen LogP) is 0.980. The third-order valence-corrected chi connectivity index (χ3v) is 4.20. The van der Waals surface area contributed by atoms with Crippen LogP contribution in [0.25, 0.3) is 0 Å². The van der Waals surface area contributed by atoms with Crippen molar-refractivity contribution < 1.29 is 14.3 Å². The van der Waals surface area contributed by atoms with Gasteiger partial charge in [0, 0.05) is 18.7 Å². The Kier molecular flexibility index (Phi) is 3.61. The van der Waals surface area contributed by atoms with Gasteiger partial charge in [-0.25, -0.2) is 4.39 Å². The zero-order valence-electron chi connectivity index (χ0n) is 11.3. The first-order valence-electron chi connectivity index (χ1n) is 7.06. The lowest BCUT2D eigenvalue weighted by atomic mass is 10.2. The predicted molar refractivity (Wildman–Crippen MR) is 74.5 cm³/mol. The highest BCUT2D eigenvalue weighted by molar-refractivity contribution is 5.83. The number of benzene rings is 1. The number of nitrogens with zero attached hydrogens (tertiary/aromatic N) is 2. The van der Waals surface area contributed by atoms with Gasteiger partial charge in [0.05, 0.1) is 25.7 Å². The van der Waals surface area contributed by atoms with Crippen molar-refractivity contribution in [1.29, 1.82) is 0 Å². The number of hydrogen-bond acceptors (Lipinski definition) is 3. The summed E-state index contributed by atoms with van der Waals surface area (Å²) in [6, 6.07) is 7.69. The van der Waals surface area contributed by atoms with Crippen LogP contribution in [0.3, 0.4) is 0 Å². The number of carbonyl (C=O) groups excluding carboxylic acids is 1. The van der Waals surface area contributed by atoms with Crippen molar-refractivity contribution in [2.75, 3.05) is 31.1 Å². The highest BCUT2D eigenvalue weighted by Crippen LogP contribution is 2.28. The minimum atomic E-state index is -1.01. The minimum Gasteiger partial charge on any atom is -0.394 e. The van der Waals surface area contributed by atoms with Crippen LogP contribution in [0.4, 0.5) is 10.1 Å². The van der Waals surface area contributed by atoms with Crippen molar-refractivity contribution in [3.63, 3.8) is 0 Å². The molecule has 1 amide bonds. The Hall–Kier alpha value is -1.62. The number of amides is 1. The van der Waals surface area contributed by atoms with Gasteiger partial charge in [0.25, 0.3) is 0 Å². The number of anilines is 1. The molecule has 108 valence electrons. The van der Waals surface area contributed by atoms with Gasteiger partial charge in [-0.3, -0.25) is 4.79 Å². The van der Waals surface area contributed by atoms with Gasteiger partial charge in [-0.1, -0.05) is 18.2 Å². The molecular formula is C15H19FN2O2. The Balaban J connectivity index is 1.68. The van der Waals surface area contributed by atoms with Gasteiger partial charge in [-0.2, -0.15) is 0 Å². The van der Waals surface area contributed by atoms with Crippen molar-refractivity contribution in [1.82, 2.24) is 4.90 Å². The number of carbonyl (C=O) groups is 1. The van der Waals surface area contributed by atoms with Crippen LogP contribution < -0.4 is 4.90 Å². The Morgan fingerprint density at radius 2 is 2.20 bits per heavy atom. The second kappa shape index (κ2) is 5.40. The number of aliphatic hydroxyl groups excluding tert-OH is 1. The number of rotatable bonds is 3. The molecule has 1 aromatic rings. The van der Waals surface area contributed by atoms with Crippen molar-refractivity contribution in [3.8, 4) is 0 Å². The Morgan fingerprint density at radius 1 is 1.40 bits per heavy atom. The Bertz CT molecular complexity index is 508. The SMILES string of the molecule is O=C(CN1CCc2ccccc21)N1C[C@@H](F)C[C@H]1CO. The summed E-state index contributed by atoms with van der Waals surface area (Å²) in [6.45, 7) is 1.03. The van der Waals surface area contributed by atoms with Gasteiger partial charge < -0.3 is 14.9 Å². The summed E-state index contributed by atoms with van der Waals surface area (Å²) in [5, 5.41) is 9.25. The van der Waals surface area contributed by atoms with E-state index in [9.17, 15) is 14.3 Å². The molecule has 5 heteroatoms. The molecule has 1 saturated heterocycles. The van der Waals surface area contributed by atoms with Crippen molar-refractivity contribution in [3.05, 3.63) is 29.8 Å². The van der Waals surface area contributed by atoms with Crippen LogP contribution in [-0.2, 0) is 11.2 Å². The van der Waals surface area contributed by atoms with E-state index in [0.717, 1.165) is 18.7 Å². The van der Waals surface area contributed by atoms with E-state index in [1.807, 2.05) is 23.1 Å². The molecule has 0 saturated carbocycles. The molecule has 0 bridgehead atoms. The third kappa shape index (κ3) is 2.38. The van der Waals surface area contributed by atoms with Crippen molar-refractivity contribution in [2.45, 2.75) is 25.1 Å². The van der Waals surface area contributed by atoms with Crippen molar-refractivity contribution >= 4 is 11.6 Å². The van der Waals surface area contributed by atoms with E-state index in [0.29, 0.717) is 0 Å². The summed E-state index contributed by atoms with van der Waals surface area (Å²) in [6.07, 6.45) is 0.180. The first-order valence-corrected chi connectivity index (χ1v) is 7.06. The van der Waals surface area contributed by atoms with Gasteiger partial charge in [0.15, 0.2) is 0 Å². The normalized spacial score (nSPS) is 25.1. The summed E-state index contributed by atoms with van der Waals surface area (Å²) in [5.41, 5.74) is 2.35. The fourth-order valence-corrected chi connectivity index (χ4v) is 3.16. The number of aliphatic hydroxyl groups is 1. The number of para-hydroxylation sites is 1. The smallest absolute Gasteiger partial charge is 0.242 e. The van der Waals surface area contributed by atoms with Gasteiger partial charge in [0.2, 0.25) is 5.91 Å². The first kappa shape index (κ1) is 13.4. The van der Waals surface area contributed by atoms with Crippen molar-refractivity contribution in [2.24, 2.45) is 0 Å². The van der Waals surface area contributed by atoms with Crippen LogP contribution in [-0.4, -0.2) is 54.4 Å². The van der Waals surface area contributed by atoms with Crippen LogP contribution in [0.2, 0.25) is 0 Å². The molecule has 1 fully saturated rings. The molecule has 1 N–H and O–H groups in total. The van der Waals surface area contributed by atoms with Crippen LogP contribution in [0, 0.1) is 0 Å². The quantitative estimate of drug-likeness (QED) is 0.896. The molecule has 2 aliphatic rings. The van der Waals surface area contributed by atoms with E-state index < -0.39 is 6.17 Å². The maximum atomic E-state index is 13.4. The first-order chi connectivity index (χ1) is 9.69. The van der Waals surface area contributed by atoms with E-state index in [1.165, 1.54) is 10.5 Å². The minimum absolute atomic E-state index is 0.0964. The monoisotopic (exact) mass is 278 g/mol. The zero-order chi connectivity index (χ0) is 14.1. The molecule has 0 radical (unpaired) electrons. The van der Waals surface area contributed by atoms with Gasteiger partial charge in [-0.15, -0.1) is 0 Å². The molecule has 2 heterocycles. The van der Waals surface area contributed by atoms with E-state index in [2.05, 4.69) is 6.07 Å². The summed E-state index contributed by atoms with van der Waals surface area (Å²) in [4.78, 5) is 15.9. The van der Waals surface area contributed by atoms with Gasteiger partial charge in [-0.05, 0) is 18.1 Å². The average molecular weight is 278 g/mol. The molecular weight excluding hydrogens is 259 g/mol. The Morgan fingerprint density at radius 3 is 3.00 bits per heavy atom. The van der Waals surface area contributed by atoms with Crippen LogP contribution in [0.5, 0.6) is 0 Å². The van der Waals surface area contributed by atoms with Gasteiger partial charge in [0.1, 0.15) is 6.17 Å². The maximum Gasteiger partial charge on any atom is 0.242 e. The number of halogens is 1. The third-order valence-electron chi connectivity index (χ3n) is 4.20. The largest absolute Gasteiger partial charge is 0.394 e. The van der Waals surface area contributed by atoms with E-state index >= 15 is 0 Å². The van der Waals surface area contributed by atoms with Crippen LogP contribution in [0.15, 0.2) is 24.3 Å². The van der Waals surface area contributed by atoms with Crippen LogP contribution in [0.1, 0.15) is 12.0 Å². The van der Waals surface area contributed by atoms with Gasteiger partial charge >= 0.3 is 0 Å². The molecule has 2 aliphatic heterocycles. The lowest BCUT2D eigenvalue weighted by molar-refractivity contribution is -0.131. The number of alkyl halides is 1. The topological polar surface area (TPSA) is 43.8 Å². The number of likely N-dealkylation sites (tertiary alicyclic amines) is 1. The molecule has 2 atom stereocenters. The highest BCUT2D eigenvalue weighted by Gasteiger charge is 2.35. The molecule has 4 nitrogen and oxygen atoms in total. The summed E-state index contributed by atoms with van der Waals surface area (Å²) in [7, 11) is 0. The summed E-state index contributed by atoms with van der Waals surface area (Å²) in [5.74, 6) is -0.0964. The standard InChI is InChI=1S/C15H19FN2O2/c16-12-7-13(10-19)18(8-12)15(20)9-17-6-5-11-3-1-2-4-14(11)17/h1-4,12-13,19H,5-10H2/t12-,13-/m0/s1. The molecule has 20 heavy (non-hydrogen) atoms. The second-order valence-electron chi connectivity index (χ2n) is 5.52. The lowest BCUT2D eigenvalue weighted by Crippen LogP contribution is -2.43. The Labute approximate surface area is 117 Å². The maximum absolute atomic E-state index is 13.4. The molecule has 0 unspecified atom stereocenters. The molecule has 1 aromatic carbocycles. The summed E-state index contributed by atoms with van der Waals surface area (Å²) >= 11 is 0. The fraction of sp³-hybridized carbons (Fsp3) is 0.533. The molecule has 0 aromatic heterocycles. The van der Waals surface area contributed by atoms with E-state index in [4.69, 9.17) is 0 Å². The molecule has 3 rings (SSSR count). The fourth-order valence-electron chi connectivity index (χ4n) is 3.16. The van der Waals surface area contributed by atoms with E-state index in [-0.39, 0.29) is 38.1 Å². The molecule has 0 spiro atoms. The molecule has 0 aliphatic carbocycles. The lowest BCUT2D eigenvalue weighted by Gasteiger charge is -2.26. The number of hydrogen-bond donors (Lipinski definition) is 1.